The Labute approximate surface area is 127 Å². The molecule has 5 heteroatoms. The fourth-order valence-corrected chi connectivity index (χ4v) is 3.01. The Morgan fingerprint density at radius 1 is 1.42 bits per heavy atom. The van der Waals surface area contributed by atoms with Crippen molar-refractivity contribution in [2.75, 3.05) is 0 Å². The van der Waals surface area contributed by atoms with Crippen LogP contribution in [0.3, 0.4) is 0 Å². The normalized spacial score (nSPS) is 12.4. The Bertz CT molecular complexity index is 556. The van der Waals surface area contributed by atoms with E-state index in [0.29, 0.717) is 10.9 Å². The van der Waals surface area contributed by atoms with Crippen molar-refractivity contribution >= 4 is 34.5 Å². The van der Waals surface area contributed by atoms with Crippen molar-refractivity contribution in [3.63, 3.8) is 0 Å². The number of halogens is 2. The van der Waals surface area contributed by atoms with E-state index in [2.05, 4.69) is 11.9 Å². The van der Waals surface area contributed by atoms with Gasteiger partial charge in [-0.05, 0) is 31.0 Å². The van der Waals surface area contributed by atoms with Gasteiger partial charge in [-0.2, -0.15) is 0 Å². The van der Waals surface area contributed by atoms with E-state index in [0.717, 1.165) is 28.4 Å². The highest BCUT2D eigenvalue weighted by molar-refractivity contribution is 7.09. The molecule has 0 spiro atoms. The molecule has 0 saturated heterocycles. The van der Waals surface area contributed by atoms with Crippen molar-refractivity contribution in [3.05, 3.63) is 44.9 Å². The van der Waals surface area contributed by atoms with Gasteiger partial charge in [0, 0.05) is 10.4 Å². The molecule has 0 saturated carbocycles. The van der Waals surface area contributed by atoms with E-state index in [1.165, 1.54) is 0 Å². The molecule has 1 unspecified atom stereocenters. The molecule has 2 rings (SSSR count). The molecular weight excluding hydrogens is 301 g/mol. The zero-order chi connectivity index (χ0) is 13.8. The fourth-order valence-electron chi connectivity index (χ4n) is 1.69. The minimum atomic E-state index is -0.0564. The van der Waals surface area contributed by atoms with Gasteiger partial charge in [-0.15, -0.1) is 22.9 Å². The number of hydrogen-bond acceptors (Lipinski definition) is 3. The molecule has 19 heavy (non-hydrogen) atoms. The third kappa shape index (κ3) is 3.62. The van der Waals surface area contributed by atoms with Crippen molar-refractivity contribution in [1.29, 1.82) is 0 Å². The van der Waals surface area contributed by atoms with Crippen LogP contribution >= 0.6 is 34.5 Å². The number of aromatic nitrogens is 1. The predicted octanol–water partition coefficient (Wildman–Crippen LogP) is 5.37. The highest BCUT2D eigenvalue weighted by Gasteiger charge is 2.16. The number of aryl methyl sites for hydroxylation is 1. The van der Waals surface area contributed by atoms with Crippen LogP contribution in [0.1, 0.15) is 35.7 Å². The van der Waals surface area contributed by atoms with Crippen LogP contribution in [0.5, 0.6) is 5.75 Å². The summed E-state index contributed by atoms with van der Waals surface area (Å²) in [5.41, 5.74) is 1.96. The molecule has 0 aliphatic carbocycles. The summed E-state index contributed by atoms with van der Waals surface area (Å²) >= 11 is 13.4. The molecule has 0 aliphatic rings. The molecule has 0 amide bonds. The average molecular weight is 316 g/mol. The second-order valence-electron chi connectivity index (χ2n) is 4.24. The van der Waals surface area contributed by atoms with E-state index in [9.17, 15) is 0 Å². The van der Waals surface area contributed by atoms with Gasteiger partial charge in [-0.3, -0.25) is 0 Å². The number of hydrogen-bond donors (Lipinski definition) is 0. The van der Waals surface area contributed by atoms with Crippen LogP contribution in [0.15, 0.2) is 23.6 Å². The SMILES string of the molecule is CCC(Oc1cc(Cl)ccc1C)c1nc(CCl)cs1. The number of benzene rings is 1. The Hall–Kier alpha value is -0.770. The van der Waals surface area contributed by atoms with Crippen LogP contribution in [-0.4, -0.2) is 4.98 Å². The highest BCUT2D eigenvalue weighted by atomic mass is 35.5. The largest absolute Gasteiger partial charge is 0.483 e. The maximum atomic E-state index is 6.04. The predicted molar refractivity (Wildman–Crippen MR) is 81.5 cm³/mol. The molecule has 102 valence electrons. The van der Waals surface area contributed by atoms with Crippen LogP contribution in [0.25, 0.3) is 0 Å². The first-order valence-electron chi connectivity index (χ1n) is 6.07. The lowest BCUT2D eigenvalue weighted by molar-refractivity contribution is 0.199. The van der Waals surface area contributed by atoms with Gasteiger partial charge >= 0.3 is 0 Å². The van der Waals surface area contributed by atoms with E-state index >= 15 is 0 Å². The van der Waals surface area contributed by atoms with Gasteiger partial charge in [-0.1, -0.05) is 24.6 Å². The topological polar surface area (TPSA) is 22.1 Å². The first kappa shape index (κ1) is 14.6. The minimum absolute atomic E-state index is 0.0564. The molecule has 1 heterocycles. The molecule has 0 fully saturated rings. The molecule has 2 aromatic rings. The van der Waals surface area contributed by atoms with E-state index in [4.69, 9.17) is 27.9 Å². The lowest BCUT2D eigenvalue weighted by Crippen LogP contribution is -2.07. The van der Waals surface area contributed by atoms with E-state index in [1.807, 2.05) is 30.5 Å². The number of nitrogens with zero attached hydrogens (tertiary/aromatic N) is 1. The molecule has 1 atom stereocenters. The standard InChI is InChI=1S/C14H15Cl2NOS/c1-3-12(14-17-11(7-15)8-19-14)18-13-6-10(16)5-4-9(13)2/h4-6,8,12H,3,7H2,1-2H3. The summed E-state index contributed by atoms with van der Waals surface area (Å²) in [6.07, 6.45) is 0.792. The highest BCUT2D eigenvalue weighted by Crippen LogP contribution is 2.31. The zero-order valence-electron chi connectivity index (χ0n) is 10.8. The van der Waals surface area contributed by atoms with Crippen molar-refractivity contribution in [2.45, 2.75) is 32.3 Å². The molecular formula is C14H15Cl2NOS. The maximum absolute atomic E-state index is 6.04. The van der Waals surface area contributed by atoms with Crippen molar-refractivity contribution in [3.8, 4) is 5.75 Å². The summed E-state index contributed by atoms with van der Waals surface area (Å²) in [5.74, 6) is 1.24. The van der Waals surface area contributed by atoms with Crippen molar-refractivity contribution in [2.24, 2.45) is 0 Å². The Kier molecular flexibility index (Phi) is 5.08. The summed E-state index contributed by atoms with van der Waals surface area (Å²) in [5, 5.41) is 3.60. The summed E-state index contributed by atoms with van der Waals surface area (Å²) in [6, 6.07) is 5.66. The minimum Gasteiger partial charge on any atom is -0.483 e. The summed E-state index contributed by atoms with van der Waals surface area (Å²) in [4.78, 5) is 4.48. The van der Waals surface area contributed by atoms with Gasteiger partial charge in [0.15, 0.2) is 0 Å². The number of thiazole rings is 1. The molecule has 1 aromatic carbocycles. The fraction of sp³-hybridized carbons (Fsp3) is 0.357. The monoisotopic (exact) mass is 315 g/mol. The van der Waals surface area contributed by atoms with E-state index in [-0.39, 0.29) is 6.10 Å². The van der Waals surface area contributed by atoms with Gasteiger partial charge in [0.25, 0.3) is 0 Å². The van der Waals surface area contributed by atoms with E-state index < -0.39 is 0 Å². The molecule has 1 aromatic heterocycles. The quantitative estimate of drug-likeness (QED) is 0.691. The van der Waals surface area contributed by atoms with Gasteiger partial charge in [0.05, 0.1) is 11.6 Å². The Morgan fingerprint density at radius 2 is 2.21 bits per heavy atom. The van der Waals surface area contributed by atoms with Crippen LogP contribution in [-0.2, 0) is 5.88 Å². The lowest BCUT2D eigenvalue weighted by Gasteiger charge is -2.17. The van der Waals surface area contributed by atoms with Gasteiger partial charge < -0.3 is 4.74 Å². The maximum Gasteiger partial charge on any atom is 0.150 e. The number of rotatable bonds is 5. The Morgan fingerprint density at radius 3 is 2.84 bits per heavy atom. The smallest absolute Gasteiger partial charge is 0.150 e. The summed E-state index contributed by atoms with van der Waals surface area (Å²) < 4.78 is 6.04. The first-order chi connectivity index (χ1) is 9.13. The average Bonchev–Trinajstić information content (AvgIpc) is 2.88. The van der Waals surface area contributed by atoms with Crippen LogP contribution in [0, 0.1) is 6.92 Å². The van der Waals surface area contributed by atoms with E-state index in [1.54, 1.807) is 11.3 Å². The van der Waals surface area contributed by atoms with Crippen molar-refractivity contribution in [1.82, 2.24) is 4.98 Å². The third-order valence-corrected chi connectivity index (χ3v) is 4.27. The van der Waals surface area contributed by atoms with Crippen LogP contribution in [0.4, 0.5) is 0 Å². The molecule has 2 nitrogen and oxygen atoms in total. The first-order valence-corrected chi connectivity index (χ1v) is 7.86. The second-order valence-corrected chi connectivity index (χ2v) is 5.83. The lowest BCUT2D eigenvalue weighted by atomic mass is 10.2. The number of alkyl halides is 1. The molecule has 0 radical (unpaired) electrons. The second kappa shape index (κ2) is 6.60. The Balaban J connectivity index is 2.21. The van der Waals surface area contributed by atoms with Crippen molar-refractivity contribution < 1.29 is 4.74 Å². The van der Waals surface area contributed by atoms with Gasteiger partial charge in [0.1, 0.15) is 16.9 Å². The summed E-state index contributed by atoms with van der Waals surface area (Å²) in [6.45, 7) is 4.08. The van der Waals surface area contributed by atoms with Gasteiger partial charge in [0.2, 0.25) is 0 Å². The molecule has 0 aliphatic heterocycles. The van der Waals surface area contributed by atoms with Crippen LogP contribution in [0.2, 0.25) is 5.02 Å². The molecule has 0 N–H and O–H groups in total. The zero-order valence-corrected chi connectivity index (χ0v) is 13.1. The number of ether oxygens (including phenoxy) is 1. The summed E-state index contributed by atoms with van der Waals surface area (Å²) in [7, 11) is 0. The van der Waals surface area contributed by atoms with Gasteiger partial charge in [-0.25, -0.2) is 4.98 Å². The molecule has 0 bridgehead atoms. The van der Waals surface area contributed by atoms with Crippen LogP contribution < -0.4 is 4.74 Å². The third-order valence-electron chi connectivity index (χ3n) is 2.77.